The maximum absolute atomic E-state index is 12.5. The van der Waals surface area contributed by atoms with Gasteiger partial charge in [-0.2, -0.15) is 0 Å². The molecule has 11 heteroatoms. The number of benzene rings is 2. The Morgan fingerprint density at radius 3 is 2.33 bits per heavy atom. The third-order valence-electron chi connectivity index (χ3n) is 3.18. The third kappa shape index (κ3) is 6.96. The van der Waals surface area contributed by atoms with Gasteiger partial charge in [0, 0.05) is 8.59 Å². The number of alkyl halides is 3. The Morgan fingerprint density at radius 2 is 1.74 bits per heavy atom. The van der Waals surface area contributed by atoms with E-state index in [9.17, 15) is 4.79 Å². The molecule has 3 N–H and O–H groups in total. The van der Waals surface area contributed by atoms with Crippen molar-refractivity contribution in [1.82, 2.24) is 10.6 Å². The number of carbonyl (C=O) groups is 1. The molecule has 0 aromatic heterocycles. The highest BCUT2D eigenvalue weighted by molar-refractivity contribution is 14.1. The summed E-state index contributed by atoms with van der Waals surface area (Å²) in [5, 5.41) is 9.07. The van der Waals surface area contributed by atoms with E-state index in [0.717, 1.165) is 9.26 Å². The summed E-state index contributed by atoms with van der Waals surface area (Å²) >= 11 is 37.3. The van der Waals surface area contributed by atoms with E-state index in [0.29, 0.717) is 5.02 Å². The number of rotatable bonds is 4. The quantitative estimate of drug-likeness (QED) is 0.175. The molecule has 1 amide bonds. The Bertz CT molecular complexity index is 862. The summed E-state index contributed by atoms with van der Waals surface area (Å²) in [6.07, 6.45) is -1.12. The fourth-order valence-electron chi connectivity index (χ4n) is 1.93. The maximum atomic E-state index is 12.5. The lowest BCUT2D eigenvalue weighted by Crippen LogP contribution is -2.56. The lowest BCUT2D eigenvalue weighted by Gasteiger charge is -2.28. The highest BCUT2D eigenvalue weighted by Gasteiger charge is 2.35. The van der Waals surface area contributed by atoms with Crippen molar-refractivity contribution >= 4 is 110 Å². The minimum Gasteiger partial charge on any atom is -0.339 e. The van der Waals surface area contributed by atoms with Crippen LogP contribution >= 0.6 is 92.8 Å². The molecule has 0 fully saturated rings. The van der Waals surface area contributed by atoms with Crippen molar-refractivity contribution in [2.75, 3.05) is 5.32 Å². The molecule has 4 nitrogen and oxygen atoms in total. The van der Waals surface area contributed by atoms with Crippen LogP contribution in [0.4, 0.5) is 5.69 Å². The van der Waals surface area contributed by atoms with Gasteiger partial charge in [-0.25, -0.2) is 0 Å². The largest absolute Gasteiger partial charge is 0.339 e. The molecule has 27 heavy (non-hydrogen) atoms. The Kier molecular flexibility index (Phi) is 8.54. The number of halogens is 6. The van der Waals surface area contributed by atoms with Crippen LogP contribution in [0.25, 0.3) is 0 Å². The first kappa shape index (κ1) is 23.1. The first-order chi connectivity index (χ1) is 12.6. The van der Waals surface area contributed by atoms with Crippen molar-refractivity contribution in [3.8, 4) is 0 Å². The van der Waals surface area contributed by atoms with Crippen molar-refractivity contribution in [2.24, 2.45) is 0 Å². The first-order valence-corrected chi connectivity index (χ1v) is 10.6. The van der Waals surface area contributed by atoms with Gasteiger partial charge >= 0.3 is 0 Å². The van der Waals surface area contributed by atoms with E-state index >= 15 is 0 Å². The van der Waals surface area contributed by atoms with Gasteiger partial charge in [0.15, 0.2) is 5.11 Å². The summed E-state index contributed by atoms with van der Waals surface area (Å²) in [5.41, 5.74) is 0.948. The highest BCUT2D eigenvalue weighted by Crippen LogP contribution is 2.30. The number of hydrogen-bond donors (Lipinski definition) is 3. The summed E-state index contributed by atoms with van der Waals surface area (Å²) in [5.74, 6) is -0.558. The standard InChI is InChI=1S/C16H11Cl5IN3OS/c17-8-5-6-9(10(18)7-8)13(26)24-14(16(19,20)21)25-15(27)23-12-4-2-1-3-11(12)22/h1-7,14H,(H,24,26)(H2,23,25,27)/t14-/m1/s1. The second-order valence-corrected chi connectivity index (χ2v) is 9.93. The fraction of sp³-hybridized carbons (Fsp3) is 0.125. The number of para-hydroxylation sites is 1. The molecule has 2 rings (SSSR count). The van der Waals surface area contributed by atoms with Gasteiger partial charge < -0.3 is 16.0 Å². The van der Waals surface area contributed by atoms with Crippen LogP contribution in [0, 0.1) is 3.57 Å². The third-order valence-corrected chi connectivity index (χ3v) is 5.54. The molecular formula is C16H11Cl5IN3OS. The summed E-state index contributed by atoms with van der Waals surface area (Å²) in [6, 6.07) is 11.9. The average Bonchev–Trinajstić information content (AvgIpc) is 2.55. The highest BCUT2D eigenvalue weighted by atomic mass is 127. The van der Waals surface area contributed by atoms with Crippen LogP contribution < -0.4 is 16.0 Å². The molecule has 1 atom stereocenters. The lowest BCUT2D eigenvalue weighted by atomic mass is 10.2. The van der Waals surface area contributed by atoms with Crippen LogP contribution in [0.2, 0.25) is 10.0 Å². The van der Waals surface area contributed by atoms with E-state index in [1.807, 2.05) is 24.3 Å². The van der Waals surface area contributed by atoms with E-state index < -0.39 is 15.9 Å². The molecule has 0 unspecified atom stereocenters. The lowest BCUT2D eigenvalue weighted by molar-refractivity contribution is 0.0934. The van der Waals surface area contributed by atoms with Crippen molar-refractivity contribution in [3.05, 3.63) is 61.6 Å². The van der Waals surface area contributed by atoms with Crippen molar-refractivity contribution < 1.29 is 4.79 Å². The smallest absolute Gasteiger partial charge is 0.254 e. The van der Waals surface area contributed by atoms with Gasteiger partial charge in [0.2, 0.25) is 3.79 Å². The number of carbonyl (C=O) groups excluding carboxylic acids is 1. The van der Waals surface area contributed by atoms with Crippen molar-refractivity contribution in [3.63, 3.8) is 0 Å². The Labute approximate surface area is 200 Å². The zero-order valence-corrected chi connectivity index (χ0v) is 20.0. The Morgan fingerprint density at radius 1 is 1.07 bits per heavy atom. The molecule has 144 valence electrons. The number of hydrogen-bond acceptors (Lipinski definition) is 2. The van der Waals surface area contributed by atoms with Crippen LogP contribution in [-0.4, -0.2) is 21.0 Å². The Hall–Kier alpha value is -0.220. The first-order valence-electron chi connectivity index (χ1n) is 7.22. The topological polar surface area (TPSA) is 53.2 Å². The molecule has 0 bridgehead atoms. The van der Waals surface area contributed by atoms with Crippen LogP contribution in [-0.2, 0) is 0 Å². The molecule has 0 heterocycles. The zero-order chi connectivity index (χ0) is 20.2. The summed E-state index contributed by atoms with van der Waals surface area (Å²) in [6.45, 7) is 0. The number of anilines is 1. The predicted octanol–water partition coefficient (Wildman–Crippen LogP) is 6.01. The number of amides is 1. The molecular weight excluding hydrogens is 586 g/mol. The summed E-state index contributed by atoms with van der Waals surface area (Å²) in [4.78, 5) is 12.5. The second kappa shape index (κ2) is 10.0. The zero-order valence-electron chi connectivity index (χ0n) is 13.2. The fourth-order valence-corrected chi connectivity index (χ4v) is 3.51. The second-order valence-electron chi connectivity index (χ2n) is 5.15. The van der Waals surface area contributed by atoms with Crippen molar-refractivity contribution in [1.29, 1.82) is 0 Å². The SMILES string of the molecule is O=C(N[C@H](NC(=S)Nc1ccccc1I)C(Cl)(Cl)Cl)c1ccc(Cl)cc1Cl. The number of nitrogens with one attached hydrogen (secondary N) is 3. The number of thiocarbonyl (C=S) groups is 1. The van der Waals surface area contributed by atoms with E-state index in [2.05, 4.69) is 38.5 Å². The van der Waals surface area contributed by atoms with E-state index in [1.54, 1.807) is 0 Å². The van der Waals surface area contributed by atoms with E-state index in [-0.39, 0.29) is 15.7 Å². The van der Waals surface area contributed by atoms with E-state index in [1.165, 1.54) is 18.2 Å². The normalized spacial score (nSPS) is 12.2. The Balaban J connectivity index is 2.12. The predicted molar refractivity (Wildman–Crippen MR) is 127 cm³/mol. The van der Waals surface area contributed by atoms with Gasteiger partial charge in [0.25, 0.3) is 5.91 Å². The van der Waals surface area contributed by atoms with E-state index in [4.69, 9.17) is 70.2 Å². The molecule has 0 saturated heterocycles. The maximum Gasteiger partial charge on any atom is 0.254 e. The van der Waals surface area contributed by atoms with Gasteiger partial charge in [0.05, 0.1) is 16.3 Å². The average molecular weight is 598 g/mol. The molecule has 2 aromatic carbocycles. The van der Waals surface area contributed by atoms with Gasteiger partial charge in [0.1, 0.15) is 6.17 Å². The van der Waals surface area contributed by atoms with Crippen molar-refractivity contribution in [2.45, 2.75) is 9.96 Å². The molecule has 0 saturated carbocycles. The molecule has 0 radical (unpaired) electrons. The summed E-state index contributed by atoms with van der Waals surface area (Å²) < 4.78 is -0.939. The van der Waals surface area contributed by atoms with Crippen LogP contribution in [0.5, 0.6) is 0 Å². The molecule has 0 aliphatic heterocycles. The molecule has 0 spiro atoms. The monoisotopic (exact) mass is 595 g/mol. The summed E-state index contributed by atoms with van der Waals surface area (Å²) in [7, 11) is 0. The van der Waals surface area contributed by atoms with Gasteiger partial charge in [-0.1, -0.05) is 70.1 Å². The minimum absolute atomic E-state index is 0.165. The van der Waals surface area contributed by atoms with Crippen LogP contribution in [0.3, 0.4) is 0 Å². The van der Waals surface area contributed by atoms with Gasteiger partial charge in [-0.15, -0.1) is 0 Å². The van der Waals surface area contributed by atoms with Gasteiger partial charge in [-0.3, -0.25) is 4.79 Å². The van der Waals surface area contributed by atoms with Gasteiger partial charge in [-0.05, 0) is 65.1 Å². The molecule has 0 aliphatic rings. The van der Waals surface area contributed by atoms with Crippen LogP contribution in [0.15, 0.2) is 42.5 Å². The molecule has 0 aliphatic carbocycles. The minimum atomic E-state index is -1.88. The van der Waals surface area contributed by atoms with Crippen LogP contribution in [0.1, 0.15) is 10.4 Å². The molecule has 2 aromatic rings.